The summed E-state index contributed by atoms with van der Waals surface area (Å²) in [7, 11) is 3.55. The predicted octanol–water partition coefficient (Wildman–Crippen LogP) is 2.01. The minimum Gasteiger partial charge on any atom is -0.383 e. The fourth-order valence-electron chi connectivity index (χ4n) is 3.92. The molecule has 0 aromatic heterocycles. The lowest BCUT2D eigenvalue weighted by Crippen LogP contribution is -2.65. The molecule has 0 unspecified atom stereocenters. The summed E-state index contributed by atoms with van der Waals surface area (Å²) in [6, 6.07) is 0.331. The summed E-state index contributed by atoms with van der Waals surface area (Å²) in [5.41, 5.74) is 0.212. The van der Waals surface area contributed by atoms with E-state index < -0.39 is 0 Å². The molecule has 0 aliphatic heterocycles. The smallest absolute Gasteiger partial charge is 0.317 e. The van der Waals surface area contributed by atoms with Crippen molar-refractivity contribution >= 4 is 6.03 Å². The molecule has 0 aromatic rings. The highest BCUT2D eigenvalue weighted by molar-refractivity contribution is 5.74. The number of methoxy groups -OCH3 is 1. The van der Waals surface area contributed by atoms with Crippen molar-refractivity contribution in [3.05, 3.63) is 0 Å². The molecule has 0 heterocycles. The SMILES string of the molecule is CCO[C@@H]1C[C@@H](N(C)C(=O)NCCOC)C12CCCC2. The summed E-state index contributed by atoms with van der Waals surface area (Å²) in [5.74, 6) is 0. The van der Waals surface area contributed by atoms with E-state index in [2.05, 4.69) is 12.2 Å². The molecule has 0 aromatic carbocycles. The zero-order valence-electron chi connectivity index (χ0n) is 13.0. The van der Waals surface area contributed by atoms with Crippen LogP contribution in [0.5, 0.6) is 0 Å². The van der Waals surface area contributed by atoms with Gasteiger partial charge in [0.1, 0.15) is 0 Å². The van der Waals surface area contributed by atoms with E-state index in [1.165, 1.54) is 25.7 Å². The number of rotatable bonds is 6. The Morgan fingerprint density at radius 3 is 2.70 bits per heavy atom. The molecule has 0 bridgehead atoms. The molecule has 2 atom stereocenters. The fourth-order valence-corrected chi connectivity index (χ4v) is 3.92. The zero-order valence-corrected chi connectivity index (χ0v) is 13.0. The molecular formula is C15H28N2O3. The summed E-state index contributed by atoms with van der Waals surface area (Å²) < 4.78 is 10.9. The van der Waals surface area contributed by atoms with Crippen LogP contribution < -0.4 is 5.32 Å². The first-order chi connectivity index (χ1) is 9.65. The highest BCUT2D eigenvalue weighted by Gasteiger charge is 2.58. The third-order valence-corrected chi connectivity index (χ3v) is 5.01. The van der Waals surface area contributed by atoms with E-state index in [0.717, 1.165) is 13.0 Å². The van der Waals surface area contributed by atoms with Crippen LogP contribution in [0.2, 0.25) is 0 Å². The van der Waals surface area contributed by atoms with Gasteiger partial charge >= 0.3 is 6.03 Å². The van der Waals surface area contributed by atoms with Crippen molar-refractivity contribution in [3.8, 4) is 0 Å². The van der Waals surface area contributed by atoms with E-state index >= 15 is 0 Å². The Balaban J connectivity index is 1.92. The molecule has 1 N–H and O–H groups in total. The van der Waals surface area contributed by atoms with Crippen LogP contribution in [-0.2, 0) is 9.47 Å². The highest BCUT2D eigenvalue weighted by atomic mass is 16.5. The third-order valence-electron chi connectivity index (χ3n) is 5.01. The molecule has 2 aliphatic rings. The Morgan fingerprint density at radius 2 is 2.10 bits per heavy atom. The third kappa shape index (κ3) is 2.79. The zero-order chi connectivity index (χ0) is 14.6. The largest absolute Gasteiger partial charge is 0.383 e. The van der Waals surface area contributed by atoms with Crippen molar-refractivity contribution in [3.63, 3.8) is 0 Å². The lowest BCUT2D eigenvalue weighted by Gasteiger charge is -2.56. The Morgan fingerprint density at radius 1 is 1.40 bits per heavy atom. The van der Waals surface area contributed by atoms with Crippen LogP contribution >= 0.6 is 0 Å². The van der Waals surface area contributed by atoms with Crippen molar-refractivity contribution in [2.45, 2.75) is 51.2 Å². The second kappa shape index (κ2) is 6.76. The lowest BCUT2D eigenvalue weighted by molar-refractivity contribution is -0.151. The predicted molar refractivity (Wildman–Crippen MR) is 77.8 cm³/mol. The summed E-state index contributed by atoms with van der Waals surface area (Å²) in [4.78, 5) is 14.1. The van der Waals surface area contributed by atoms with Crippen LogP contribution in [0.15, 0.2) is 0 Å². The average Bonchev–Trinajstić information content (AvgIpc) is 2.95. The molecule has 1 spiro atoms. The van der Waals surface area contributed by atoms with E-state index in [1.807, 2.05) is 11.9 Å². The van der Waals surface area contributed by atoms with Crippen LogP contribution in [0.25, 0.3) is 0 Å². The Kier molecular flexibility index (Phi) is 5.27. The monoisotopic (exact) mass is 284 g/mol. The van der Waals surface area contributed by atoms with Crippen LogP contribution in [0, 0.1) is 5.41 Å². The van der Waals surface area contributed by atoms with Gasteiger partial charge in [0.05, 0.1) is 12.7 Å². The molecule has 2 saturated carbocycles. The maximum Gasteiger partial charge on any atom is 0.317 e. The minimum atomic E-state index is 0.00766. The Labute approximate surface area is 122 Å². The molecule has 116 valence electrons. The second-order valence-electron chi connectivity index (χ2n) is 5.97. The van der Waals surface area contributed by atoms with E-state index in [0.29, 0.717) is 25.3 Å². The number of carbonyl (C=O) groups excluding carboxylic acids is 1. The van der Waals surface area contributed by atoms with Gasteiger partial charge in [-0.05, 0) is 26.2 Å². The molecule has 20 heavy (non-hydrogen) atoms. The summed E-state index contributed by atoms with van der Waals surface area (Å²) >= 11 is 0. The standard InChI is InChI=1S/C15H28N2O3/c1-4-20-13-11-12(15(13)7-5-6-8-15)17(2)14(18)16-9-10-19-3/h12-13H,4-11H2,1-3H3,(H,16,18)/t12-,13-/m1/s1. The first-order valence-corrected chi connectivity index (χ1v) is 7.77. The maximum atomic E-state index is 12.2. The fraction of sp³-hybridized carbons (Fsp3) is 0.933. The van der Waals surface area contributed by atoms with Crippen molar-refractivity contribution < 1.29 is 14.3 Å². The van der Waals surface area contributed by atoms with Gasteiger partial charge in [0.25, 0.3) is 0 Å². The molecule has 0 radical (unpaired) electrons. The van der Waals surface area contributed by atoms with Crippen molar-refractivity contribution in [1.29, 1.82) is 0 Å². The first-order valence-electron chi connectivity index (χ1n) is 7.77. The Bertz CT molecular complexity index is 329. The lowest BCUT2D eigenvalue weighted by atomic mass is 9.60. The topological polar surface area (TPSA) is 50.8 Å². The molecule has 5 nitrogen and oxygen atoms in total. The Hall–Kier alpha value is -0.810. The number of nitrogens with zero attached hydrogens (tertiary/aromatic N) is 1. The number of amides is 2. The molecule has 2 fully saturated rings. The van der Waals surface area contributed by atoms with Crippen molar-refractivity contribution in [1.82, 2.24) is 10.2 Å². The number of urea groups is 1. The van der Waals surface area contributed by atoms with Gasteiger partial charge in [0.15, 0.2) is 0 Å². The number of nitrogens with one attached hydrogen (secondary N) is 1. The first kappa shape index (κ1) is 15.6. The van der Waals surface area contributed by atoms with Gasteiger partial charge in [0, 0.05) is 38.8 Å². The molecule has 0 saturated heterocycles. The van der Waals surface area contributed by atoms with Gasteiger partial charge in [-0.3, -0.25) is 0 Å². The van der Waals surface area contributed by atoms with Gasteiger partial charge in [-0.2, -0.15) is 0 Å². The molecule has 2 rings (SSSR count). The minimum absolute atomic E-state index is 0.00766. The normalized spacial score (nSPS) is 27.4. The quantitative estimate of drug-likeness (QED) is 0.759. The molecule has 2 aliphatic carbocycles. The van der Waals surface area contributed by atoms with Crippen LogP contribution in [0.3, 0.4) is 0 Å². The molecule has 5 heteroatoms. The van der Waals surface area contributed by atoms with Gasteiger partial charge in [-0.15, -0.1) is 0 Å². The summed E-state index contributed by atoms with van der Waals surface area (Å²) in [6.07, 6.45) is 6.23. The van der Waals surface area contributed by atoms with Crippen LogP contribution in [0.1, 0.15) is 39.0 Å². The maximum absolute atomic E-state index is 12.2. The van der Waals surface area contributed by atoms with Gasteiger partial charge in [0.2, 0.25) is 0 Å². The number of hydrogen-bond donors (Lipinski definition) is 1. The summed E-state index contributed by atoms with van der Waals surface area (Å²) in [6.45, 7) is 3.94. The molecular weight excluding hydrogens is 256 g/mol. The van der Waals surface area contributed by atoms with Crippen LogP contribution in [0.4, 0.5) is 4.79 Å². The van der Waals surface area contributed by atoms with Crippen molar-refractivity contribution in [2.75, 3.05) is 33.9 Å². The second-order valence-corrected chi connectivity index (χ2v) is 5.97. The van der Waals surface area contributed by atoms with Crippen molar-refractivity contribution in [2.24, 2.45) is 5.41 Å². The van der Waals surface area contributed by atoms with Gasteiger partial charge in [-0.25, -0.2) is 4.79 Å². The van der Waals surface area contributed by atoms with E-state index in [9.17, 15) is 4.79 Å². The number of ether oxygens (including phenoxy) is 2. The van der Waals surface area contributed by atoms with Crippen LogP contribution in [-0.4, -0.2) is 57.0 Å². The van der Waals surface area contributed by atoms with Gasteiger partial charge < -0.3 is 19.7 Å². The van der Waals surface area contributed by atoms with E-state index in [4.69, 9.17) is 9.47 Å². The van der Waals surface area contributed by atoms with E-state index in [1.54, 1.807) is 7.11 Å². The number of carbonyl (C=O) groups is 1. The van der Waals surface area contributed by atoms with Gasteiger partial charge in [-0.1, -0.05) is 12.8 Å². The van der Waals surface area contributed by atoms with E-state index in [-0.39, 0.29) is 11.4 Å². The molecule has 2 amide bonds. The number of hydrogen-bond acceptors (Lipinski definition) is 3. The summed E-state index contributed by atoms with van der Waals surface area (Å²) in [5, 5.41) is 2.91. The average molecular weight is 284 g/mol. The highest BCUT2D eigenvalue weighted by Crippen LogP contribution is 2.56.